The van der Waals surface area contributed by atoms with Gasteiger partial charge in [0.1, 0.15) is 23.3 Å². The van der Waals surface area contributed by atoms with Crippen LogP contribution in [0.2, 0.25) is 5.02 Å². The van der Waals surface area contributed by atoms with Crippen molar-refractivity contribution in [3.05, 3.63) is 65.5 Å². The number of fused-ring (bicyclic) bond motifs is 2. The lowest BCUT2D eigenvalue weighted by molar-refractivity contribution is -0.126. The largest absolute Gasteiger partial charge is 0.508 e. The lowest BCUT2D eigenvalue weighted by Crippen LogP contribution is -2.48. The van der Waals surface area contributed by atoms with Crippen molar-refractivity contribution in [2.45, 2.75) is 19.6 Å². The van der Waals surface area contributed by atoms with Crippen LogP contribution < -0.4 is 10.2 Å². The summed E-state index contributed by atoms with van der Waals surface area (Å²) >= 11 is 6.79. The Hall–Kier alpha value is -3.99. The molecule has 0 aliphatic carbocycles. The molecule has 4 aromatic rings. The number of anilines is 2. The van der Waals surface area contributed by atoms with Crippen molar-refractivity contribution in [2.75, 3.05) is 57.0 Å². The van der Waals surface area contributed by atoms with Crippen LogP contribution >= 0.6 is 11.6 Å². The predicted molar refractivity (Wildman–Crippen MR) is 166 cm³/mol. The number of aromatic nitrogens is 2. The van der Waals surface area contributed by atoms with Crippen LogP contribution in [0.25, 0.3) is 32.8 Å². The molecule has 0 radical (unpaired) electrons. The number of phenolic OH excluding ortho intramolecular Hbond substituents is 1. The summed E-state index contributed by atoms with van der Waals surface area (Å²) in [7, 11) is 3.56. The molecular weight excluding hydrogens is 559 g/mol. The van der Waals surface area contributed by atoms with Crippen LogP contribution in [0.3, 0.4) is 0 Å². The van der Waals surface area contributed by atoms with Gasteiger partial charge in [0.2, 0.25) is 11.9 Å². The third kappa shape index (κ3) is 5.97. The summed E-state index contributed by atoms with van der Waals surface area (Å²) in [6, 6.07) is 12.2. The Labute approximate surface area is 248 Å². The Morgan fingerprint density at radius 3 is 2.60 bits per heavy atom. The number of halogens is 2. The SMILES string of the molecule is C/C=C/C(=O)N1CCN(c2nc(NCCC(O)N(C)C)nc3c(F)c(-c4cc(O)cc5ccccc45)c(Cl)cc23)CC1. The number of carbonyl (C=O) groups is 1. The number of aromatic hydroxyl groups is 1. The van der Waals surface area contributed by atoms with E-state index in [0.717, 1.165) is 10.8 Å². The minimum absolute atomic E-state index is 0.00483. The average Bonchev–Trinajstić information content (AvgIpc) is 2.97. The van der Waals surface area contributed by atoms with Gasteiger partial charge in [-0.2, -0.15) is 4.98 Å². The minimum atomic E-state index is -0.665. The number of hydrogen-bond donors (Lipinski definition) is 3. The molecule has 3 aromatic carbocycles. The Balaban J connectivity index is 1.61. The maximum Gasteiger partial charge on any atom is 0.246 e. The van der Waals surface area contributed by atoms with E-state index < -0.39 is 12.0 Å². The molecule has 220 valence electrons. The van der Waals surface area contributed by atoms with Crippen molar-refractivity contribution < 1.29 is 19.4 Å². The van der Waals surface area contributed by atoms with Crippen LogP contribution in [0.4, 0.5) is 16.2 Å². The number of amides is 1. The highest BCUT2D eigenvalue weighted by Gasteiger charge is 2.26. The number of hydrogen-bond acceptors (Lipinski definition) is 8. The summed E-state index contributed by atoms with van der Waals surface area (Å²) in [5.74, 6) is 0.0271. The second-order valence-corrected chi connectivity index (χ2v) is 10.9. The van der Waals surface area contributed by atoms with Gasteiger partial charge in [0.25, 0.3) is 0 Å². The lowest BCUT2D eigenvalue weighted by Gasteiger charge is -2.35. The van der Waals surface area contributed by atoms with Gasteiger partial charge >= 0.3 is 0 Å². The normalized spacial score (nSPS) is 14.8. The fraction of sp³-hybridized carbons (Fsp3) is 0.323. The number of piperazine rings is 1. The number of carbonyl (C=O) groups excluding carboxylic acids is 1. The van der Waals surface area contributed by atoms with Crippen LogP contribution in [0.1, 0.15) is 13.3 Å². The topological polar surface area (TPSA) is 105 Å². The molecule has 1 unspecified atom stereocenters. The first-order valence-electron chi connectivity index (χ1n) is 13.8. The summed E-state index contributed by atoms with van der Waals surface area (Å²) in [5.41, 5.74) is 0.668. The molecule has 1 aliphatic rings. The maximum atomic E-state index is 16.6. The van der Waals surface area contributed by atoms with E-state index in [2.05, 4.69) is 10.3 Å². The van der Waals surface area contributed by atoms with E-state index in [9.17, 15) is 15.0 Å². The van der Waals surface area contributed by atoms with Gasteiger partial charge in [0.05, 0.1) is 5.02 Å². The van der Waals surface area contributed by atoms with E-state index in [1.54, 1.807) is 55.1 Å². The van der Waals surface area contributed by atoms with Gasteiger partial charge in [-0.3, -0.25) is 9.69 Å². The third-order valence-corrected chi connectivity index (χ3v) is 7.76. The van der Waals surface area contributed by atoms with Gasteiger partial charge in [-0.05, 0) is 61.6 Å². The fourth-order valence-corrected chi connectivity index (χ4v) is 5.50. The molecule has 1 aromatic heterocycles. The van der Waals surface area contributed by atoms with Crippen molar-refractivity contribution in [3.63, 3.8) is 0 Å². The average molecular weight is 593 g/mol. The van der Waals surface area contributed by atoms with Crippen LogP contribution in [-0.4, -0.2) is 88.9 Å². The van der Waals surface area contributed by atoms with E-state index in [0.29, 0.717) is 55.9 Å². The van der Waals surface area contributed by atoms with Gasteiger partial charge in [-0.1, -0.05) is 41.9 Å². The standard InChI is InChI=1S/C31H34ClFN6O3/c1-4-7-26(42)38-12-14-39(15-13-38)30-23-18-24(32)27(22-17-20(40)16-19-8-5-6-9-21(19)22)28(33)29(23)35-31(36-30)34-11-10-25(41)37(2)3/h4-9,16-18,25,40-41H,10-15H2,1-3H3,(H,34,35,36)/b7-4+. The molecule has 9 nitrogen and oxygen atoms in total. The van der Waals surface area contributed by atoms with Crippen molar-refractivity contribution in [3.8, 4) is 16.9 Å². The summed E-state index contributed by atoms with van der Waals surface area (Å²) in [5, 5.41) is 25.9. The molecule has 1 saturated heterocycles. The van der Waals surface area contributed by atoms with Crippen molar-refractivity contribution in [1.82, 2.24) is 19.8 Å². The third-order valence-electron chi connectivity index (χ3n) is 7.46. The van der Waals surface area contributed by atoms with Gasteiger partial charge < -0.3 is 25.3 Å². The number of benzene rings is 3. The number of phenols is 1. The Bertz CT molecular complexity index is 1660. The Morgan fingerprint density at radius 1 is 1.14 bits per heavy atom. The van der Waals surface area contributed by atoms with Gasteiger partial charge in [0.15, 0.2) is 5.82 Å². The minimum Gasteiger partial charge on any atom is -0.508 e. The zero-order valence-corrected chi connectivity index (χ0v) is 24.6. The molecule has 1 fully saturated rings. The molecule has 2 heterocycles. The lowest BCUT2D eigenvalue weighted by atomic mass is 9.96. The second-order valence-electron chi connectivity index (χ2n) is 10.5. The summed E-state index contributed by atoms with van der Waals surface area (Å²) in [4.78, 5) is 27.1. The Morgan fingerprint density at radius 2 is 1.88 bits per heavy atom. The highest BCUT2D eigenvalue weighted by Crippen LogP contribution is 2.42. The first kappa shape index (κ1) is 29.5. The monoisotopic (exact) mass is 592 g/mol. The van der Waals surface area contributed by atoms with Gasteiger partial charge in [-0.25, -0.2) is 9.37 Å². The number of nitrogens with zero attached hydrogens (tertiary/aromatic N) is 5. The first-order chi connectivity index (χ1) is 20.2. The number of nitrogens with one attached hydrogen (secondary N) is 1. The molecule has 3 N–H and O–H groups in total. The quantitative estimate of drug-likeness (QED) is 0.197. The van der Waals surface area contributed by atoms with Crippen LogP contribution in [0.15, 0.2) is 54.6 Å². The van der Waals surface area contributed by atoms with Crippen molar-refractivity contribution in [1.29, 1.82) is 0 Å². The summed E-state index contributed by atoms with van der Waals surface area (Å²) in [6.45, 7) is 4.11. The van der Waals surface area contributed by atoms with Gasteiger partial charge in [-0.15, -0.1) is 0 Å². The van der Waals surface area contributed by atoms with Crippen LogP contribution in [0.5, 0.6) is 5.75 Å². The maximum absolute atomic E-state index is 16.6. The summed E-state index contributed by atoms with van der Waals surface area (Å²) < 4.78 is 16.6. The predicted octanol–water partition coefficient (Wildman–Crippen LogP) is 4.85. The smallest absolute Gasteiger partial charge is 0.246 e. The second kappa shape index (κ2) is 12.5. The fourth-order valence-electron chi connectivity index (χ4n) is 5.21. The molecule has 1 atom stereocenters. The van der Waals surface area contributed by atoms with E-state index in [1.807, 2.05) is 29.2 Å². The number of rotatable bonds is 8. The molecule has 11 heteroatoms. The van der Waals surface area contributed by atoms with E-state index in [1.165, 1.54) is 6.07 Å². The Kier molecular flexibility index (Phi) is 8.77. The zero-order chi connectivity index (χ0) is 30.0. The molecule has 0 saturated carbocycles. The number of aliphatic hydroxyl groups excluding tert-OH is 1. The molecular formula is C31H34ClFN6O3. The highest BCUT2D eigenvalue weighted by atomic mass is 35.5. The molecule has 0 spiro atoms. The van der Waals surface area contributed by atoms with E-state index in [-0.39, 0.29) is 33.7 Å². The molecule has 42 heavy (non-hydrogen) atoms. The van der Waals surface area contributed by atoms with Crippen LogP contribution in [-0.2, 0) is 4.79 Å². The highest BCUT2D eigenvalue weighted by molar-refractivity contribution is 6.35. The molecule has 1 amide bonds. The van der Waals surface area contributed by atoms with E-state index >= 15 is 4.39 Å². The van der Waals surface area contributed by atoms with Crippen molar-refractivity contribution >= 4 is 50.9 Å². The van der Waals surface area contributed by atoms with Crippen LogP contribution in [0, 0.1) is 5.82 Å². The van der Waals surface area contributed by atoms with Gasteiger partial charge in [0, 0.05) is 50.1 Å². The van der Waals surface area contributed by atoms with Crippen molar-refractivity contribution in [2.24, 2.45) is 0 Å². The molecule has 1 aliphatic heterocycles. The zero-order valence-electron chi connectivity index (χ0n) is 23.8. The molecule has 5 rings (SSSR count). The molecule has 0 bridgehead atoms. The van der Waals surface area contributed by atoms with E-state index in [4.69, 9.17) is 16.6 Å². The summed E-state index contributed by atoms with van der Waals surface area (Å²) in [6.07, 6.45) is 3.00. The first-order valence-corrected chi connectivity index (χ1v) is 14.2. The number of aliphatic hydroxyl groups is 1. The number of allylic oxidation sites excluding steroid dienone is 1.